The molecular formula is C20H15F2N5O. The van der Waals surface area contributed by atoms with Crippen molar-refractivity contribution in [2.75, 3.05) is 12.8 Å². The van der Waals surface area contributed by atoms with E-state index in [0.717, 1.165) is 0 Å². The van der Waals surface area contributed by atoms with Crippen LogP contribution in [-0.4, -0.2) is 27.0 Å². The lowest BCUT2D eigenvalue weighted by atomic mass is 10.1. The van der Waals surface area contributed by atoms with Gasteiger partial charge in [0.05, 0.1) is 18.5 Å². The monoisotopic (exact) mass is 379 g/mol. The zero-order valence-corrected chi connectivity index (χ0v) is 14.8. The van der Waals surface area contributed by atoms with Crippen molar-refractivity contribution in [3.63, 3.8) is 0 Å². The first kappa shape index (κ1) is 17.6. The van der Waals surface area contributed by atoms with E-state index in [-0.39, 0.29) is 11.6 Å². The zero-order chi connectivity index (χ0) is 19.7. The van der Waals surface area contributed by atoms with Crippen LogP contribution in [0.3, 0.4) is 0 Å². The second-order valence-electron chi connectivity index (χ2n) is 5.99. The van der Waals surface area contributed by atoms with Crippen LogP contribution >= 0.6 is 0 Å². The maximum absolute atomic E-state index is 13.7. The standard InChI is InChI=1S/C20H15F2N5O/c1-28-15-8-13(10-25-19(15)23)18-17(12-6-7-24-16(22)9-12)26-20(27-18)11-2-4-14(21)5-3-11/h2-10H,1H3,(H2,23,25)(H,26,27). The minimum absolute atomic E-state index is 0.247. The number of nitrogens with zero attached hydrogens (tertiary/aromatic N) is 3. The van der Waals surface area contributed by atoms with Crippen LogP contribution in [0, 0.1) is 11.8 Å². The summed E-state index contributed by atoms with van der Waals surface area (Å²) in [6, 6.07) is 10.6. The molecule has 0 amide bonds. The average Bonchev–Trinajstić information content (AvgIpc) is 3.14. The average molecular weight is 379 g/mol. The number of nitrogens with two attached hydrogens (primary N) is 1. The molecule has 1 aromatic carbocycles. The van der Waals surface area contributed by atoms with Crippen LogP contribution in [0.2, 0.25) is 0 Å². The number of rotatable bonds is 4. The number of nitrogen functional groups attached to an aromatic ring is 1. The van der Waals surface area contributed by atoms with Gasteiger partial charge in [0, 0.05) is 35.2 Å². The number of nitrogens with one attached hydrogen (secondary N) is 1. The molecule has 8 heteroatoms. The molecule has 0 bridgehead atoms. The Morgan fingerprint density at radius 3 is 2.46 bits per heavy atom. The molecule has 0 saturated heterocycles. The number of pyridine rings is 2. The maximum Gasteiger partial charge on any atom is 0.213 e. The highest BCUT2D eigenvalue weighted by Crippen LogP contribution is 2.35. The Bertz CT molecular complexity index is 1140. The summed E-state index contributed by atoms with van der Waals surface area (Å²) < 4.78 is 32.2. The largest absolute Gasteiger partial charge is 0.493 e. The third kappa shape index (κ3) is 3.27. The summed E-state index contributed by atoms with van der Waals surface area (Å²) in [7, 11) is 1.49. The van der Waals surface area contributed by atoms with E-state index in [4.69, 9.17) is 10.5 Å². The lowest BCUT2D eigenvalue weighted by Crippen LogP contribution is -1.96. The van der Waals surface area contributed by atoms with Gasteiger partial charge in [0.1, 0.15) is 11.6 Å². The van der Waals surface area contributed by atoms with Gasteiger partial charge < -0.3 is 15.5 Å². The molecule has 0 saturated carbocycles. The SMILES string of the molecule is COc1cc(-c2nc(-c3ccc(F)cc3)[nH]c2-c2ccnc(F)c2)cnc1N. The molecule has 0 aliphatic rings. The van der Waals surface area contributed by atoms with E-state index in [1.807, 2.05) is 0 Å². The van der Waals surface area contributed by atoms with Crippen LogP contribution < -0.4 is 10.5 Å². The molecule has 28 heavy (non-hydrogen) atoms. The molecule has 0 atom stereocenters. The van der Waals surface area contributed by atoms with Gasteiger partial charge in [-0.05, 0) is 36.4 Å². The molecule has 0 spiro atoms. The van der Waals surface area contributed by atoms with Crippen molar-refractivity contribution < 1.29 is 13.5 Å². The second-order valence-corrected chi connectivity index (χ2v) is 5.99. The first-order chi connectivity index (χ1) is 13.5. The summed E-state index contributed by atoms with van der Waals surface area (Å²) in [5.41, 5.74) is 8.75. The van der Waals surface area contributed by atoms with Crippen molar-refractivity contribution in [2.45, 2.75) is 0 Å². The van der Waals surface area contributed by atoms with E-state index in [1.165, 1.54) is 31.5 Å². The summed E-state index contributed by atoms with van der Waals surface area (Å²) >= 11 is 0. The number of aromatic amines is 1. The topological polar surface area (TPSA) is 89.7 Å². The highest BCUT2D eigenvalue weighted by Gasteiger charge is 2.17. The molecule has 0 radical (unpaired) electrons. The Morgan fingerprint density at radius 1 is 0.964 bits per heavy atom. The molecule has 140 valence electrons. The minimum atomic E-state index is -0.616. The molecule has 0 aliphatic heterocycles. The van der Waals surface area contributed by atoms with Gasteiger partial charge in [-0.3, -0.25) is 0 Å². The molecule has 6 nitrogen and oxygen atoms in total. The Kier molecular flexibility index (Phi) is 4.44. The Morgan fingerprint density at radius 2 is 1.75 bits per heavy atom. The number of H-pyrrole nitrogens is 1. The van der Waals surface area contributed by atoms with Gasteiger partial charge in [-0.1, -0.05) is 0 Å². The van der Waals surface area contributed by atoms with E-state index < -0.39 is 5.95 Å². The van der Waals surface area contributed by atoms with Crippen LogP contribution in [0.1, 0.15) is 0 Å². The molecule has 3 aromatic heterocycles. The van der Waals surface area contributed by atoms with Crippen LogP contribution in [0.15, 0.2) is 54.9 Å². The molecule has 0 aliphatic carbocycles. The van der Waals surface area contributed by atoms with Gasteiger partial charge in [-0.25, -0.2) is 19.3 Å². The summed E-state index contributed by atoms with van der Waals surface area (Å²) in [5.74, 6) is 0.180. The quantitative estimate of drug-likeness (QED) is 0.522. The van der Waals surface area contributed by atoms with E-state index in [9.17, 15) is 8.78 Å². The summed E-state index contributed by atoms with van der Waals surface area (Å²) in [6.45, 7) is 0. The molecule has 3 heterocycles. The van der Waals surface area contributed by atoms with Crippen LogP contribution in [0.5, 0.6) is 5.75 Å². The normalized spacial score (nSPS) is 10.8. The van der Waals surface area contributed by atoms with Gasteiger partial charge in [-0.2, -0.15) is 4.39 Å². The first-order valence-corrected chi connectivity index (χ1v) is 8.33. The molecular weight excluding hydrogens is 364 g/mol. The lowest BCUT2D eigenvalue weighted by Gasteiger charge is -2.07. The van der Waals surface area contributed by atoms with Crippen molar-refractivity contribution in [3.05, 3.63) is 66.6 Å². The van der Waals surface area contributed by atoms with Crippen molar-refractivity contribution >= 4 is 5.82 Å². The molecule has 0 unspecified atom stereocenters. The van der Waals surface area contributed by atoms with Crippen LogP contribution in [0.25, 0.3) is 33.9 Å². The van der Waals surface area contributed by atoms with Crippen molar-refractivity contribution in [3.8, 4) is 39.7 Å². The number of benzene rings is 1. The number of aromatic nitrogens is 4. The van der Waals surface area contributed by atoms with Gasteiger partial charge in [0.15, 0.2) is 11.6 Å². The smallest absolute Gasteiger partial charge is 0.213 e. The maximum atomic E-state index is 13.7. The molecule has 3 N–H and O–H groups in total. The number of anilines is 1. The molecule has 4 rings (SSSR count). The highest BCUT2D eigenvalue weighted by atomic mass is 19.1. The van der Waals surface area contributed by atoms with E-state index in [2.05, 4.69) is 19.9 Å². The Balaban J connectivity index is 1.91. The Labute approximate surface area is 159 Å². The Hall–Kier alpha value is -3.81. The third-order valence-electron chi connectivity index (χ3n) is 4.21. The number of ether oxygens (including phenoxy) is 1. The highest BCUT2D eigenvalue weighted by molar-refractivity contribution is 5.81. The summed E-state index contributed by atoms with van der Waals surface area (Å²) in [4.78, 5) is 15.5. The van der Waals surface area contributed by atoms with Crippen molar-refractivity contribution in [1.82, 2.24) is 19.9 Å². The number of halogens is 2. The fourth-order valence-electron chi connectivity index (χ4n) is 2.84. The molecule has 4 aromatic rings. The first-order valence-electron chi connectivity index (χ1n) is 8.33. The number of hydrogen-bond donors (Lipinski definition) is 2. The summed E-state index contributed by atoms with van der Waals surface area (Å²) in [5, 5.41) is 0. The van der Waals surface area contributed by atoms with Crippen LogP contribution in [-0.2, 0) is 0 Å². The predicted molar refractivity (Wildman–Crippen MR) is 101 cm³/mol. The van der Waals surface area contributed by atoms with E-state index >= 15 is 0 Å². The van der Waals surface area contributed by atoms with Crippen LogP contribution in [0.4, 0.5) is 14.6 Å². The zero-order valence-electron chi connectivity index (χ0n) is 14.8. The lowest BCUT2D eigenvalue weighted by molar-refractivity contribution is 0.415. The van der Waals surface area contributed by atoms with E-state index in [1.54, 1.807) is 30.5 Å². The number of hydrogen-bond acceptors (Lipinski definition) is 5. The number of imidazole rings is 1. The van der Waals surface area contributed by atoms with Gasteiger partial charge in [-0.15, -0.1) is 0 Å². The predicted octanol–water partition coefficient (Wildman–Crippen LogP) is 4.07. The number of methoxy groups -OCH3 is 1. The minimum Gasteiger partial charge on any atom is -0.493 e. The van der Waals surface area contributed by atoms with Gasteiger partial charge in [0.2, 0.25) is 5.95 Å². The van der Waals surface area contributed by atoms with Gasteiger partial charge in [0.25, 0.3) is 0 Å². The van der Waals surface area contributed by atoms with Gasteiger partial charge >= 0.3 is 0 Å². The van der Waals surface area contributed by atoms with Crippen molar-refractivity contribution in [1.29, 1.82) is 0 Å². The third-order valence-corrected chi connectivity index (χ3v) is 4.21. The fraction of sp³-hybridized carbons (Fsp3) is 0.0500. The fourth-order valence-corrected chi connectivity index (χ4v) is 2.84. The summed E-state index contributed by atoms with van der Waals surface area (Å²) in [6.07, 6.45) is 2.93. The second kappa shape index (κ2) is 7.07. The van der Waals surface area contributed by atoms with Crippen molar-refractivity contribution in [2.24, 2.45) is 0 Å². The van der Waals surface area contributed by atoms with E-state index in [0.29, 0.717) is 39.7 Å². The molecule has 0 fully saturated rings.